The van der Waals surface area contributed by atoms with Gasteiger partial charge in [0.2, 0.25) is 0 Å². The van der Waals surface area contributed by atoms with Gasteiger partial charge in [0.1, 0.15) is 5.82 Å². The van der Waals surface area contributed by atoms with Crippen molar-refractivity contribution in [3.8, 4) is 0 Å². The first-order valence-electron chi connectivity index (χ1n) is 5.72. The van der Waals surface area contributed by atoms with Crippen LogP contribution < -0.4 is 5.32 Å². The fraction of sp³-hybridized carbons (Fsp3) is 0.214. The normalized spacial score (nSPS) is 10.3. The Balaban J connectivity index is 1.89. The number of amides is 1. The Morgan fingerprint density at radius 2 is 2.22 bits per heavy atom. The Labute approximate surface area is 109 Å². The predicted molar refractivity (Wildman–Crippen MR) is 71.5 cm³/mol. The Morgan fingerprint density at radius 1 is 1.39 bits per heavy atom. The predicted octanol–water partition coefficient (Wildman–Crippen LogP) is 3.17. The van der Waals surface area contributed by atoms with Crippen LogP contribution >= 0.6 is 11.3 Å². The number of aryl methyl sites for hydroxylation is 1. The summed E-state index contributed by atoms with van der Waals surface area (Å²) in [7, 11) is 0. The molecule has 0 aliphatic heterocycles. The molecule has 2 nitrogen and oxygen atoms in total. The molecule has 0 radical (unpaired) electrons. The van der Waals surface area contributed by atoms with Gasteiger partial charge in [-0.25, -0.2) is 4.39 Å². The van der Waals surface area contributed by atoms with E-state index >= 15 is 0 Å². The van der Waals surface area contributed by atoms with Crippen molar-refractivity contribution in [1.29, 1.82) is 0 Å². The van der Waals surface area contributed by atoms with E-state index in [1.165, 1.54) is 11.6 Å². The highest BCUT2D eigenvalue weighted by Gasteiger charge is 2.07. The number of hydrogen-bond acceptors (Lipinski definition) is 2. The van der Waals surface area contributed by atoms with E-state index < -0.39 is 0 Å². The first kappa shape index (κ1) is 12.8. The van der Waals surface area contributed by atoms with Crippen molar-refractivity contribution in [2.45, 2.75) is 13.3 Å². The molecule has 0 spiro atoms. The van der Waals surface area contributed by atoms with Crippen molar-refractivity contribution in [3.63, 3.8) is 0 Å². The van der Waals surface area contributed by atoms with Crippen LogP contribution in [-0.4, -0.2) is 12.5 Å². The van der Waals surface area contributed by atoms with Crippen molar-refractivity contribution >= 4 is 17.2 Å². The zero-order valence-corrected chi connectivity index (χ0v) is 10.9. The maximum Gasteiger partial charge on any atom is 0.251 e. The molecule has 0 bridgehead atoms. The Kier molecular flexibility index (Phi) is 4.10. The Morgan fingerprint density at radius 3 is 2.89 bits per heavy atom. The Bertz CT molecular complexity index is 537. The molecule has 0 unspecified atom stereocenters. The molecule has 1 aromatic heterocycles. The number of rotatable bonds is 4. The molecule has 94 valence electrons. The third-order valence-corrected chi connectivity index (χ3v) is 3.45. The highest BCUT2D eigenvalue weighted by molar-refractivity contribution is 7.07. The number of halogens is 1. The van der Waals surface area contributed by atoms with E-state index in [4.69, 9.17) is 0 Å². The van der Waals surface area contributed by atoms with Gasteiger partial charge in [-0.2, -0.15) is 11.3 Å². The van der Waals surface area contributed by atoms with E-state index in [2.05, 4.69) is 10.7 Å². The number of nitrogens with one attached hydrogen (secondary N) is 1. The third kappa shape index (κ3) is 3.17. The van der Waals surface area contributed by atoms with Gasteiger partial charge in [0.15, 0.2) is 0 Å². The molecule has 2 rings (SSSR count). The molecule has 1 N–H and O–H groups in total. The van der Waals surface area contributed by atoms with Crippen molar-refractivity contribution in [3.05, 3.63) is 57.5 Å². The lowest BCUT2D eigenvalue weighted by Gasteiger charge is -2.05. The second-order valence-electron chi connectivity index (χ2n) is 4.10. The first-order valence-corrected chi connectivity index (χ1v) is 6.66. The van der Waals surface area contributed by atoms with E-state index in [0.29, 0.717) is 17.7 Å². The molecule has 0 fully saturated rings. The maximum atomic E-state index is 13.3. The number of hydrogen-bond donors (Lipinski definition) is 1. The van der Waals surface area contributed by atoms with Gasteiger partial charge in [0.25, 0.3) is 5.91 Å². The van der Waals surface area contributed by atoms with Crippen LogP contribution in [-0.2, 0) is 6.42 Å². The lowest BCUT2D eigenvalue weighted by Crippen LogP contribution is -2.25. The molecule has 4 heteroatoms. The van der Waals surface area contributed by atoms with Gasteiger partial charge in [-0.1, -0.05) is 6.07 Å². The second-order valence-corrected chi connectivity index (χ2v) is 4.88. The Hall–Kier alpha value is -1.68. The summed E-state index contributed by atoms with van der Waals surface area (Å²) in [6.45, 7) is 2.23. The summed E-state index contributed by atoms with van der Waals surface area (Å²) >= 11 is 1.64. The van der Waals surface area contributed by atoms with Crippen molar-refractivity contribution in [1.82, 2.24) is 5.32 Å². The average Bonchev–Trinajstić information content (AvgIpc) is 2.85. The van der Waals surface area contributed by atoms with E-state index in [1.54, 1.807) is 30.4 Å². The van der Waals surface area contributed by atoms with Crippen LogP contribution in [0.5, 0.6) is 0 Å². The molecular weight excluding hydrogens is 249 g/mol. The monoisotopic (exact) mass is 263 g/mol. The van der Waals surface area contributed by atoms with Crippen LogP contribution in [0.2, 0.25) is 0 Å². The summed E-state index contributed by atoms with van der Waals surface area (Å²) < 4.78 is 13.3. The summed E-state index contributed by atoms with van der Waals surface area (Å²) in [6, 6.07) is 6.55. The number of carbonyl (C=O) groups is 1. The van der Waals surface area contributed by atoms with Crippen molar-refractivity contribution < 1.29 is 9.18 Å². The second kappa shape index (κ2) is 5.78. The van der Waals surface area contributed by atoms with Crippen LogP contribution in [0.25, 0.3) is 0 Å². The van der Waals surface area contributed by atoms with Crippen LogP contribution in [0.15, 0.2) is 35.0 Å². The molecule has 18 heavy (non-hydrogen) atoms. The maximum absolute atomic E-state index is 13.3. The third-order valence-electron chi connectivity index (χ3n) is 2.71. The molecule has 1 amide bonds. The summed E-state index contributed by atoms with van der Waals surface area (Å²) in [5.41, 5.74) is 2.11. The van der Waals surface area contributed by atoms with Crippen LogP contribution in [0, 0.1) is 12.7 Å². The molecule has 0 atom stereocenters. The molecule has 1 heterocycles. The van der Waals surface area contributed by atoms with E-state index in [1.807, 2.05) is 11.4 Å². The van der Waals surface area contributed by atoms with Gasteiger partial charge in [-0.3, -0.25) is 4.79 Å². The molecule has 0 saturated carbocycles. The van der Waals surface area contributed by atoms with Gasteiger partial charge >= 0.3 is 0 Å². The van der Waals surface area contributed by atoms with Gasteiger partial charge in [-0.05, 0) is 53.4 Å². The minimum absolute atomic E-state index is 0.232. The minimum atomic E-state index is -0.347. The molecule has 1 aromatic carbocycles. The van der Waals surface area contributed by atoms with Gasteiger partial charge in [0.05, 0.1) is 0 Å². The molecule has 0 aliphatic carbocycles. The van der Waals surface area contributed by atoms with E-state index in [0.717, 1.165) is 6.42 Å². The largest absolute Gasteiger partial charge is 0.352 e. The number of thiophene rings is 1. The lowest BCUT2D eigenvalue weighted by atomic mass is 10.1. The van der Waals surface area contributed by atoms with Gasteiger partial charge < -0.3 is 5.32 Å². The summed E-state index contributed by atoms with van der Waals surface area (Å²) in [6.07, 6.45) is 0.795. The van der Waals surface area contributed by atoms with Crippen LogP contribution in [0.4, 0.5) is 4.39 Å². The van der Waals surface area contributed by atoms with E-state index in [-0.39, 0.29) is 11.7 Å². The van der Waals surface area contributed by atoms with Gasteiger partial charge in [-0.15, -0.1) is 0 Å². The fourth-order valence-electron chi connectivity index (χ4n) is 1.59. The standard InChI is InChI=1S/C14H14FNOS/c1-10-2-3-12(8-13(10)15)14(17)16-6-4-11-5-7-18-9-11/h2-3,5,7-9H,4,6H2,1H3,(H,16,17). The first-order chi connectivity index (χ1) is 8.66. The van der Waals surface area contributed by atoms with E-state index in [9.17, 15) is 9.18 Å². The van der Waals surface area contributed by atoms with Crippen molar-refractivity contribution in [2.75, 3.05) is 6.54 Å². The summed E-state index contributed by atoms with van der Waals surface area (Å²) in [4.78, 5) is 11.8. The lowest BCUT2D eigenvalue weighted by molar-refractivity contribution is 0.0953. The number of carbonyl (C=O) groups excluding carboxylic acids is 1. The van der Waals surface area contributed by atoms with Crippen LogP contribution in [0.1, 0.15) is 21.5 Å². The fourth-order valence-corrected chi connectivity index (χ4v) is 2.29. The highest BCUT2D eigenvalue weighted by atomic mass is 32.1. The smallest absolute Gasteiger partial charge is 0.251 e. The highest BCUT2D eigenvalue weighted by Crippen LogP contribution is 2.09. The minimum Gasteiger partial charge on any atom is -0.352 e. The molecule has 0 aliphatic rings. The van der Waals surface area contributed by atoms with Gasteiger partial charge in [0, 0.05) is 12.1 Å². The SMILES string of the molecule is Cc1ccc(C(=O)NCCc2ccsc2)cc1F. The van der Waals surface area contributed by atoms with Crippen LogP contribution in [0.3, 0.4) is 0 Å². The average molecular weight is 263 g/mol. The summed E-state index contributed by atoms with van der Waals surface area (Å²) in [5, 5.41) is 6.84. The topological polar surface area (TPSA) is 29.1 Å². The molecule has 2 aromatic rings. The summed E-state index contributed by atoms with van der Waals surface area (Å²) in [5.74, 6) is -0.579. The molecular formula is C14H14FNOS. The van der Waals surface area contributed by atoms with Crippen molar-refractivity contribution in [2.24, 2.45) is 0 Å². The zero-order valence-electron chi connectivity index (χ0n) is 10.1. The molecule has 0 saturated heterocycles. The quantitative estimate of drug-likeness (QED) is 0.902. The number of benzene rings is 1. The zero-order chi connectivity index (χ0) is 13.0.